The second-order valence-electron chi connectivity index (χ2n) is 3.18. The van der Waals surface area contributed by atoms with Crippen LogP contribution in [0.3, 0.4) is 0 Å². The van der Waals surface area contributed by atoms with Gasteiger partial charge in [-0.2, -0.15) is 0 Å². The van der Waals surface area contributed by atoms with Crippen LogP contribution in [0.4, 0.5) is 0 Å². The molecule has 0 aliphatic carbocycles. The highest BCUT2D eigenvalue weighted by molar-refractivity contribution is 5.91. The van der Waals surface area contributed by atoms with E-state index in [0.717, 1.165) is 0 Å². The van der Waals surface area contributed by atoms with Crippen LogP contribution in [0.1, 0.15) is 12.8 Å². The Morgan fingerprint density at radius 2 is 1.78 bits per heavy atom. The first kappa shape index (κ1) is 13.6. The SMILES string of the molecule is O=C1/C=C\C=C/CC(=O)/C=C\N=NOO/C=C\C1. The topological polar surface area (TPSA) is 77.3 Å². The maximum absolute atomic E-state index is 11.3. The number of carbonyl (C=O) groups excluding carboxylic acids is 2. The Labute approximate surface area is 104 Å². The number of hydrogen-bond donors (Lipinski definition) is 0. The molecule has 0 saturated carbocycles. The predicted molar refractivity (Wildman–Crippen MR) is 62.8 cm³/mol. The summed E-state index contributed by atoms with van der Waals surface area (Å²) in [6.07, 6.45) is 11.8. The molecule has 6 heteroatoms. The van der Waals surface area contributed by atoms with Crippen LogP contribution >= 0.6 is 0 Å². The second kappa shape index (κ2) is 8.63. The number of nitrogens with zero attached hydrogens (tertiary/aromatic N) is 2. The van der Waals surface area contributed by atoms with Gasteiger partial charge in [0.25, 0.3) is 0 Å². The maximum atomic E-state index is 11.3. The molecule has 18 heavy (non-hydrogen) atoms. The molecule has 0 bridgehead atoms. The summed E-state index contributed by atoms with van der Waals surface area (Å²) >= 11 is 0. The third-order valence-electron chi connectivity index (χ3n) is 1.77. The van der Waals surface area contributed by atoms with Gasteiger partial charge < -0.3 is 0 Å². The summed E-state index contributed by atoms with van der Waals surface area (Å²) in [5.74, 6) is -0.239. The van der Waals surface area contributed by atoms with Gasteiger partial charge in [0, 0.05) is 18.9 Å². The van der Waals surface area contributed by atoms with Gasteiger partial charge in [0.05, 0.1) is 11.5 Å². The molecule has 1 rings (SSSR count). The predicted octanol–water partition coefficient (Wildman–Crippen LogP) is 2.37. The summed E-state index contributed by atoms with van der Waals surface area (Å²) in [4.78, 5) is 31.2. The van der Waals surface area contributed by atoms with E-state index in [1.54, 1.807) is 18.2 Å². The van der Waals surface area contributed by atoms with Crippen LogP contribution in [0, 0.1) is 0 Å². The molecule has 0 aromatic heterocycles. The molecule has 0 atom stereocenters. The Balaban J connectivity index is 2.63. The van der Waals surface area contributed by atoms with Crippen molar-refractivity contribution >= 4 is 11.6 Å². The van der Waals surface area contributed by atoms with Gasteiger partial charge in [-0.15, -0.1) is 10.1 Å². The van der Waals surface area contributed by atoms with Gasteiger partial charge >= 0.3 is 0 Å². The summed E-state index contributed by atoms with van der Waals surface area (Å²) in [6, 6.07) is 0. The minimum atomic E-state index is -0.141. The molecular formula is C12H12N2O4. The Kier molecular flexibility index (Phi) is 6.50. The largest absolute Gasteiger partial charge is 0.295 e. The van der Waals surface area contributed by atoms with Gasteiger partial charge in [0.2, 0.25) is 0 Å². The van der Waals surface area contributed by atoms with E-state index in [9.17, 15) is 9.59 Å². The molecular weight excluding hydrogens is 236 g/mol. The minimum Gasteiger partial charge on any atom is -0.295 e. The lowest BCUT2D eigenvalue weighted by Gasteiger charge is -1.90. The highest BCUT2D eigenvalue weighted by atomic mass is 17.3. The summed E-state index contributed by atoms with van der Waals surface area (Å²) in [7, 11) is 0. The van der Waals surface area contributed by atoms with E-state index in [1.165, 1.54) is 30.7 Å². The van der Waals surface area contributed by atoms with Crippen molar-refractivity contribution in [2.75, 3.05) is 0 Å². The molecule has 0 aromatic rings. The molecule has 0 radical (unpaired) electrons. The van der Waals surface area contributed by atoms with Crippen molar-refractivity contribution in [2.24, 2.45) is 10.4 Å². The number of hydrogen-bond acceptors (Lipinski definition) is 6. The van der Waals surface area contributed by atoms with Crippen molar-refractivity contribution in [1.29, 1.82) is 0 Å². The minimum absolute atomic E-state index is 0.0977. The van der Waals surface area contributed by atoms with Gasteiger partial charge in [-0.3, -0.25) is 14.5 Å². The lowest BCUT2D eigenvalue weighted by atomic mass is 10.2. The monoisotopic (exact) mass is 248 g/mol. The smallest absolute Gasteiger partial charge is 0.161 e. The Bertz CT molecular complexity index is 433. The highest BCUT2D eigenvalue weighted by Gasteiger charge is 1.92. The van der Waals surface area contributed by atoms with E-state index in [0.29, 0.717) is 0 Å². The van der Waals surface area contributed by atoms with Crippen LogP contribution in [0.15, 0.2) is 59.3 Å². The lowest BCUT2D eigenvalue weighted by molar-refractivity contribution is -0.256. The summed E-state index contributed by atoms with van der Waals surface area (Å²) in [5.41, 5.74) is 0. The second-order valence-corrected chi connectivity index (χ2v) is 3.18. The van der Waals surface area contributed by atoms with Gasteiger partial charge in [0.1, 0.15) is 6.26 Å². The summed E-state index contributed by atoms with van der Waals surface area (Å²) in [6.45, 7) is 0. The normalized spacial score (nSPS) is 24.7. The summed E-state index contributed by atoms with van der Waals surface area (Å²) in [5, 5.41) is 6.55. The van der Waals surface area contributed by atoms with Gasteiger partial charge in [-0.25, -0.2) is 0 Å². The number of ketones is 2. The number of carbonyl (C=O) groups is 2. The Morgan fingerprint density at radius 1 is 1.00 bits per heavy atom. The van der Waals surface area contributed by atoms with Crippen molar-refractivity contribution in [1.82, 2.24) is 0 Å². The van der Waals surface area contributed by atoms with E-state index in [1.807, 2.05) is 0 Å². The molecule has 0 unspecified atom stereocenters. The van der Waals surface area contributed by atoms with Crippen molar-refractivity contribution < 1.29 is 19.5 Å². The fourth-order valence-corrected chi connectivity index (χ4v) is 0.972. The van der Waals surface area contributed by atoms with E-state index in [2.05, 4.69) is 20.3 Å². The maximum Gasteiger partial charge on any atom is 0.161 e. The van der Waals surface area contributed by atoms with Crippen molar-refractivity contribution in [3.63, 3.8) is 0 Å². The molecule has 94 valence electrons. The zero-order valence-electron chi connectivity index (χ0n) is 9.56. The third kappa shape index (κ3) is 6.89. The first-order valence-electron chi connectivity index (χ1n) is 5.22. The zero-order chi connectivity index (χ0) is 13.1. The molecule has 0 N–H and O–H groups in total. The van der Waals surface area contributed by atoms with E-state index >= 15 is 0 Å². The van der Waals surface area contributed by atoms with Crippen molar-refractivity contribution in [3.05, 3.63) is 48.9 Å². The van der Waals surface area contributed by atoms with Gasteiger partial charge in [-0.05, 0) is 12.2 Å². The average Bonchev–Trinajstić information content (AvgIpc) is 2.35. The highest BCUT2D eigenvalue weighted by Crippen LogP contribution is 1.94. The molecule has 0 saturated heterocycles. The average molecular weight is 248 g/mol. The molecule has 1 heterocycles. The standard InChI is InChI=1S/C12H12N2O4/c15-11-5-2-1-3-6-12(16)8-9-13-14-18-17-10-4-7-11/h1-5,8-10H,6-7H2/b3-1-,5-2-,9-8-,10-4-,14-13?. The van der Waals surface area contributed by atoms with Crippen LogP contribution in [0.25, 0.3) is 0 Å². The molecule has 6 nitrogen and oxygen atoms in total. The Morgan fingerprint density at radius 3 is 2.67 bits per heavy atom. The molecule has 0 fully saturated rings. The van der Waals surface area contributed by atoms with Crippen LogP contribution in [-0.4, -0.2) is 11.6 Å². The fraction of sp³-hybridized carbons (Fsp3) is 0.167. The molecule has 0 amide bonds. The Hall–Kier alpha value is -2.50. The zero-order valence-corrected chi connectivity index (χ0v) is 9.56. The van der Waals surface area contributed by atoms with E-state index in [-0.39, 0.29) is 24.4 Å². The first-order chi connectivity index (χ1) is 8.79. The van der Waals surface area contributed by atoms with E-state index < -0.39 is 0 Å². The first-order valence-corrected chi connectivity index (χ1v) is 5.22. The van der Waals surface area contributed by atoms with Crippen LogP contribution in [-0.2, 0) is 19.5 Å². The number of allylic oxidation sites excluding steroid dienone is 6. The fourth-order valence-electron chi connectivity index (χ4n) is 0.972. The lowest BCUT2D eigenvalue weighted by Crippen LogP contribution is -1.90. The summed E-state index contributed by atoms with van der Waals surface area (Å²) < 4.78 is 0. The molecule has 1 aliphatic rings. The molecule has 0 spiro atoms. The van der Waals surface area contributed by atoms with Crippen LogP contribution in [0.5, 0.6) is 0 Å². The molecule has 0 aromatic carbocycles. The molecule has 1 aliphatic heterocycles. The van der Waals surface area contributed by atoms with E-state index in [4.69, 9.17) is 0 Å². The van der Waals surface area contributed by atoms with Crippen LogP contribution < -0.4 is 0 Å². The van der Waals surface area contributed by atoms with Crippen molar-refractivity contribution in [3.8, 4) is 0 Å². The van der Waals surface area contributed by atoms with Crippen LogP contribution in [0.2, 0.25) is 0 Å². The number of rotatable bonds is 0. The quantitative estimate of drug-likeness (QED) is 0.616. The van der Waals surface area contributed by atoms with Gasteiger partial charge in [0.15, 0.2) is 11.6 Å². The van der Waals surface area contributed by atoms with Gasteiger partial charge in [-0.1, -0.05) is 18.2 Å². The third-order valence-corrected chi connectivity index (χ3v) is 1.77. The van der Waals surface area contributed by atoms with Crippen molar-refractivity contribution in [2.45, 2.75) is 12.8 Å².